The summed E-state index contributed by atoms with van der Waals surface area (Å²) in [5, 5.41) is 3.20. The van der Waals surface area contributed by atoms with E-state index in [1.165, 1.54) is 22.5 Å². The van der Waals surface area contributed by atoms with Crippen molar-refractivity contribution in [3.63, 3.8) is 0 Å². The van der Waals surface area contributed by atoms with Gasteiger partial charge in [0.25, 0.3) is 5.91 Å². The van der Waals surface area contributed by atoms with Crippen LogP contribution in [0.1, 0.15) is 32.5 Å². The van der Waals surface area contributed by atoms with Gasteiger partial charge in [0.1, 0.15) is 4.88 Å². The molecule has 1 aromatic carbocycles. The number of esters is 1. The fourth-order valence-electron chi connectivity index (χ4n) is 2.86. The SMILES string of the molecule is CCOC(=O)c1sc(NC(=O)c2cccc(S(=O)(=O)N3CCOCC3)c2)cc1C. The first-order valence-electron chi connectivity index (χ1n) is 9.09. The Morgan fingerprint density at radius 1 is 1.24 bits per heavy atom. The van der Waals surface area contributed by atoms with Gasteiger partial charge in [0.05, 0.1) is 29.7 Å². The number of anilines is 1. The van der Waals surface area contributed by atoms with Crippen molar-refractivity contribution in [2.75, 3.05) is 38.2 Å². The van der Waals surface area contributed by atoms with Gasteiger partial charge in [-0.15, -0.1) is 11.3 Å². The number of nitrogens with zero attached hydrogens (tertiary/aromatic N) is 1. The van der Waals surface area contributed by atoms with E-state index in [-0.39, 0.29) is 30.2 Å². The standard InChI is InChI=1S/C19H22N2O6S2/c1-3-27-19(23)17-13(2)11-16(28-17)20-18(22)14-5-4-6-15(12-14)29(24,25)21-7-9-26-10-8-21/h4-6,11-12H,3,7-10H2,1-2H3,(H,20,22). The van der Waals surface area contributed by atoms with Crippen molar-refractivity contribution in [3.8, 4) is 0 Å². The molecule has 0 aliphatic carbocycles. The maximum Gasteiger partial charge on any atom is 0.348 e. The van der Waals surface area contributed by atoms with Crippen LogP contribution in [0.2, 0.25) is 0 Å². The van der Waals surface area contributed by atoms with Crippen molar-refractivity contribution in [2.24, 2.45) is 0 Å². The topological polar surface area (TPSA) is 102 Å². The minimum atomic E-state index is -3.70. The number of ether oxygens (including phenoxy) is 2. The molecular weight excluding hydrogens is 416 g/mol. The molecule has 0 spiro atoms. The zero-order valence-corrected chi connectivity index (χ0v) is 17.8. The molecule has 0 unspecified atom stereocenters. The molecular formula is C19H22N2O6S2. The summed E-state index contributed by atoms with van der Waals surface area (Å²) < 4.78 is 37.1. The second kappa shape index (κ2) is 9.04. The molecule has 3 rings (SSSR count). The molecule has 0 radical (unpaired) electrons. The number of hydrogen-bond acceptors (Lipinski definition) is 7. The van der Waals surface area contributed by atoms with Crippen molar-refractivity contribution >= 4 is 38.2 Å². The van der Waals surface area contributed by atoms with Gasteiger partial charge in [-0.2, -0.15) is 4.31 Å². The molecule has 2 aromatic rings. The number of amides is 1. The largest absolute Gasteiger partial charge is 0.462 e. The second-order valence-corrected chi connectivity index (χ2v) is 9.33. The van der Waals surface area contributed by atoms with Crippen molar-refractivity contribution < 1.29 is 27.5 Å². The Labute approximate surface area is 173 Å². The highest BCUT2D eigenvalue weighted by molar-refractivity contribution is 7.89. The van der Waals surface area contributed by atoms with Crippen LogP contribution in [0.5, 0.6) is 0 Å². The molecule has 1 aliphatic rings. The van der Waals surface area contributed by atoms with E-state index < -0.39 is 21.9 Å². The van der Waals surface area contributed by atoms with Gasteiger partial charge >= 0.3 is 5.97 Å². The lowest BCUT2D eigenvalue weighted by Gasteiger charge is -2.26. The van der Waals surface area contributed by atoms with Crippen LogP contribution in [0.4, 0.5) is 5.00 Å². The lowest BCUT2D eigenvalue weighted by molar-refractivity contribution is 0.0531. The van der Waals surface area contributed by atoms with Crippen LogP contribution in [0.25, 0.3) is 0 Å². The van der Waals surface area contributed by atoms with Crippen LogP contribution in [0.3, 0.4) is 0 Å². The lowest BCUT2D eigenvalue weighted by Crippen LogP contribution is -2.40. The number of thiophene rings is 1. The van der Waals surface area contributed by atoms with Gasteiger partial charge < -0.3 is 14.8 Å². The lowest BCUT2D eigenvalue weighted by atomic mass is 10.2. The summed E-state index contributed by atoms with van der Waals surface area (Å²) in [5.74, 6) is -0.894. The highest BCUT2D eigenvalue weighted by atomic mass is 32.2. The molecule has 1 aromatic heterocycles. The van der Waals surface area contributed by atoms with Gasteiger partial charge in [-0.25, -0.2) is 13.2 Å². The number of morpholine rings is 1. The maximum absolute atomic E-state index is 12.8. The van der Waals surface area contributed by atoms with Gasteiger partial charge in [-0.3, -0.25) is 4.79 Å². The van der Waals surface area contributed by atoms with Crippen LogP contribution >= 0.6 is 11.3 Å². The van der Waals surface area contributed by atoms with E-state index in [0.717, 1.165) is 11.3 Å². The molecule has 1 amide bonds. The van der Waals surface area contributed by atoms with Crippen molar-refractivity contribution in [1.29, 1.82) is 0 Å². The predicted octanol–water partition coefficient (Wildman–Crippen LogP) is 2.51. The first kappa shape index (κ1) is 21.4. The Kier molecular flexibility index (Phi) is 6.68. The predicted molar refractivity (Wildman–Crippen MR) is 109 cm³/mol. The van der Waals surface area contributed by atoms with Crippen molar-refractivity contribution in [3.05, 3.63) is 46.3 Å². The third-order valence-electron chi connectivity index (χ3n) is 4.32. The first-order valence-corrected chi connectivity index (χ1v) is 11.4. The fraction of sp³-hybridized carbons (Fsp3) is 0.368. The fourth-order valence-corrected chi connectivity index (χ4v) is 5.28. The Balaban J connectivity index is 1.78. The second-order valence-electron chi connectivity index (χ2n) is 6.34. The molecule has 0 saturated carbocycles. The number of carbonyl (C=O) groups is 2. The van der Waals surface area contributed by atoms with Crippen LogP contribution in [-0.2, 0) is 19.5 Å². The highest BCUT2D eigenvalue weighted by Crippen LogP contribution is 2.28. The van der Waals surface area contributed by atoms with E-state index in [2.05, 4.69) is 5.32 Å². The van der Waals surface area contributed by atoms with Crippen molar-refractivity contribution in [2.45, 2.75) is 18.7 Å². The van der Waals surface area contributed by atoms with E-state index in [9.17, 15) is 18.0 Å². The zero-order valence-electron chi connectivity index (χ0n) is 16.1. The molecule has 8 nitrogen and oxygen atoms in total. The number of sulfonamides is 1. The summed E-state index contributed by atoms with van der Waals surface area (Å²) in [7, 11) is -3.70. The van der Waals surface area contributed by atoms with Gasteiger partial charge in [0, 0.05) is 18.7 Å². The van der Waals surface area contributed by atoms with E-state index in [0.29, 0.717) is 28.7 Å². The molecule has 29 heavy (non-hydrogen) atoms. The normalized spacial score (nSPS) is 15.1. The molecule has 1 saturated heterocycles. The average Bonchev–Trinajstić information content (AvgIpc) is 3.09. The number of rotatable bonds is 6. The molecule has 1 aliphatic heterocycles. The molecule has 1 N–H and O–H groups in total. The summed E-state index contributed by atoms with van der Waals surface area (Å²) in [6.45, 7) is 5.01. The van der Waals surface area contributed by atoms with E-state index in [1.54, 1.807) is 26.0 Å². The van der Waals surface area contributed by atoms with E-state index >= 15 is 0 Å². The van der Waals surface area contributed by atoms with Crippen LogP contribution in [-0.4, -0.2) is 57.5 Å². The Bertz CT molecular complexity index is 1010. The van der Waals surface area contributed by atoms with Crippen molar-refractivity contribution in [1.82, 2.24) is 4.31 Å². The maximum atomic E-state index is 12.8. The summed E-state index contributed by atoms with van der Waals surface area (Å²) in [6.07, 6.45) is 0. The monoisotopic (exact) mass is 438 g/mol. The zero-order chi connectivity index (χ0) is 21.0. The summed E-state index contributed by atoms with van der Waals surface area (Å²) in [4.78, 5) is 25.1. The number of aryl methyl sites for hydroxylation is 1. The molecule has 2 heterocycles. The average molecular weight is 439 g/mol. The summed E-state index contributed by atoms with van der Waals surface area (Å²) in [6, 6.07) is 7.58. The number of benzene rings is 1. The molecule has 0 atom stereocenters. The van der Waals surface area contributed by atoms with Crippen LogP contribution in [0.15, 0.2) is 35.2 Å². The van der Waals surface area contributed by atoms with Crippen LogP contribution in [0, 0.1) is 6.92 Å². The Morgan fingerprint density at radius 3 is 2.66 bits per heavy atom. The smallest absolute Gasteiger partial charge is 0.348 e. The quantitative estimate of drug-likeness (QED) is 0.696. The molecule has 156 valence electrons. The first-order chi connectivity index (χ1) is 13.8. The minimum Gasteiger partial charge on any atom is -0.462 e. The number of carbonyl (C=O) groups excluding carboxylic acids is 2. The van der Waals surface area contributed by atoms with Crippen LogP contribution < -0.4 is 5.32 Å². The molecule has 10 heteroatoms. The van der Waals surface area contributed by atoms with E-state index in [4.69, 9.17) is 9.47 Å². The van der Waals surface area contributed by atoms with Gasteiger partial charge in [0.2, 0.25) is 10.0 Å². The number of hydrogen-bond donors (Lipinski definition) is 1. The van der Waals surface area contributed by atoms with Gasteiger partial charge in [0.15, 0.2) is 0 Å². The summed E-state index contributed by atoms with van der Waals surface area (Å²) >= 11 is 1.12. The van der Waals surface area contributed by atoms with Gasteiger partial charge in [-0.05, 0) is 43.7 Å². The highest BCUT2D eigenvalue weighted by Gasteiger charge is 2.27. The molecule has 1 fully saturated rings. The van der Waals surface area contributed by atoms with Gasteiger partial charge in [-0.1, -0.05) is 6.07 Å². The Morgan fingerprint density at radius 2 is 1.97 bits per heavy atom. The Hall–Kier alpha value is -2.27. The number of nitrogens with one attached hydrogen (secondary N) is 1. The molecule has 0 bridgehead atoms. The minimum absolute atomic E-state index is 0.0571. The third-order valence-corrected chi connectivity index (χ3v) is 7.35. The van der Waals surface area contributed by atoms with E-state index in [1.807, 2.05) is 0 Å². The third kappa shape index (κ3) is 4.84. The summed E-state index contributed by atoms with van der Waals surface area (Å²) in [5.41, 5.74) is 0.912.